The molecule has 1 N–H and O–H groups in total. The molecule has 2 aliphatic rings. The number of rotatable bonds is 5. The predicted octanol–water partition coefficient (Wildman–Crippen LogP) is 10.1. The van der Waals surface area contributed by atoms with Gasteiger partial charge in [-0.3, -0.25) is 0 Å². The Balaban J connectivity index is 1.95. The molecular formula is C36H38N2. The third-order valence-electron chi connectivity index (χ3n) is 7.79. The minimum Gasteiger partial charge on any atom is -0.354 e. The molecule has 0 bridgehead atoms. The topological polar surface area (TPSA) is 19.0 Å². The van der Waals surface area contributed by atoms with E-state index in [-0.39, 0.29) is 0 Å². The lowest BCUT2D eigenvalue weighted by Gasteiger charge is -2.33. The van der Waals surface area contributed by atoms with Crippen molar-refractivity contribution in [3.63, 3.8) is 0 Å². The maximum absolute atomic E-state index is 4.53. The largest absolute Gasteiger partial charge is 0.354 e. The molecule has 5 rings (SSSR count). The SMILES string of the molecule is C=C(CC)C(/C=C\C)=C1\C(=CC)c2[nH]c(-c3ccccc3C)c(C)c2C2=C(CCC=C2)N1c1ccccc1. The number of benzene rings is 2. The van der Waals surface area contributed by atoms with E-state index in [1.165, 1.54) is 67.4 Å². The van der Waals surface area contributed by atoms with Gasteiger partial charge < -0.3 is 9.88 Å². The number of hydrogen-bond donors (Lipinski definition) is 1. The first-order valence-corrected chi connectivity index (χ1v) is 13.8. The molecule has 0 saturated heterocycles. The van der Waals surface area contributed by atoms with E-state index in [4.69, 9.17) is 0 Å². The van der Waals surface area contributed by atoms with Crippen molar-refractivity contribution in [3.05, 3.63) is 136 Å². The van der Waals surface area contributed by atoms with Crippen molar-refractivity contribution in [2.24, 2.45) is 0 Å². The van der Waals surface area contributed by atoms with Crippen molar-refractivity contribution >= 4 is 16.8 Å². The summed E-state index contributed by atoms with van der Waals surface area (Å²) in [5.74, 6) is 0. The van der Waals surface area contributed by atoms with Crippen molar-refractivity contribution in [2.75, 3.05) is 4.90 Å². The second-order valence-electron chi connectivity index (χ2n) is 10.1. The molecular weight excluding hydrogens is 460 g/mol. The van der Waals surface area contributed by atoms with Crippen LogP contribution in [0.25, 0.3) is 22.4 Å². The Morgan fingerprint density at radius 2 is 1.74 bits per heavy atom. The second kappa shape index (κ2) is 10.8. The van der Waals surface area contributed by atoms with Gasteiger partial charge >= 0.3 is 0 Å². The van der Waals surface area contributed by atoms with E-state index in [2.05, 4.69) is 136 Å². The molecule has 2 aromatic carbocycles. The van der Waals surface area contributed by atoms with Crippen LogP contribution in [0, 0.1) is 13.8 Å². The van der Waals surface area contributed by atoms with Gasteiger partial charge in [0.2, 0.25) is 0 Å². The van der Waals surface area contributed by atoms with Gasteiger partial charge in [-0.1, -0.05) is 86.3 Å². The lowest BCUT2D eigenvalue weighted by Crippen LogP contribution is -2.25. The molecule has 0 saturated carbocycles. The van der Waals surface area contributed by atoms with Gasteiger partial charge in [0.15, 0.2) is 0 Å². The summed E-state index contributed by atoms with van der Waals surface area (Å²) < 4.78 is 0. The maximum atomic E-state index is 4.53. The summed E-state index contributed by atoms with van der Waals surface area (Å²) in [5.41, 5.74) is 16.1. The van der Waals surface area contributed by atoms with Crippen LogP contribution in [0.5, 0.6) is 0 Å². The van der Waals surface area contributed by atoms with Crippen LogP contribution in [-0.2, 0) is 0 Å². The molecule has 0 spiro atoms. The van der Waals surface area contributed by atoms with E-state index < -0.39 is 0 Å². The molecule has 0 unspecified atom stereocenters. The van der Waals surface area contributed by atoms with Gasteiger partial charge in [0, 0.05) is 44.9 Å². The van der Waals surface area contributed by atoms with E-state index in [1.54, 1.807) is 0 Å². The molecule has 1 aliphatic carbocycles. The first-order valence-electron chi connectivity index (χ1n) is 13.8. The van der Waals surface area contributed by atoms with Crippen LogP contribution in [0.15, 0.2) is 114 Å². The zero-order valence-electron chi connectivity index (χ0n) is 23.4. The van der Waals surface area contributed by atoms with Crippen LogP contribution < -0.4 is 4.90 Å². The van der Waals surface area contributed by atoms with Crippen LogP contribution >= 0.6 is 0 Å². The first-order chi connectivity index (χ1) is 18.5. The van der Waals surface area contributed by atoms with E-state index in [0.29, 0.717) is 0 Å². The normalized spacial score (nSPS) is 17.6. The Kier molecular flexibility index (Phi) is 7.24. The van der Waals surface area contributed by atoms with Gasteiger partial charge in [0.05, 0.1) is 11.4 Å². The third kappa shape index (κ3) is 4.24. The lowest BCUT2D eigenvalue weighted by atomic mass is 9.91. The standard InChI is InChI=1S/C36H38N2/c1-7-17-30(24(4)8-2)36-28(9-3)35-33(26(6)34(37-35)29-21-14-13-18-25(29)5)31-22-15-16-23-32(31)38(36)27-19-11-10-12-20-27/h7,9-15,17-22,37H,4,8,16,23H2,1-3,5-6H3/b17-7-,28-9?,36-30+. The van der Waals surface area contributed by atoms with Crippen LogP contribution in [0.1, 0.15) is 62.4 Å². The smallest absolute Gasteiger partial charge is 0.0623 e. The number of aromatic nitrogens is 1. The Hall–Kier alpha value is -4.04. The zero-order valence-corrected chi connectivity index (χ0v) is 23.4. The highest BCUT2D eigenvalue weighted by atomic mass is 15.2. The molecule has 1 aliphatic heterocycles. The van der Waals surface area contributed by atoms with Crippen LogP contribution in [0.3, 0.4) is 0 Å². The minimum atomic E-state index is 0.889. The molecule has 0 radical (unpaired) electrons. The Labute approximate surface area is 228 Å². The summed E-state index contributed by atoms with van der Waals surface area (Å²) in [6, 6.07) is 19.5. The highest BCUT2D eigenvalue weighted by Gasteiger charge is 2.34. The van der Waals surface area contributed by atoms with Crippen molar-refractivity contribution < 1.29 is 0 Å². The van der Waals surface area contributed by atoms with E-state index in [1.807, 2.05) is 0 Å². The summed E-state index contributed by atoms with van der Waals surface area (Å²) in [7, 11) is 0. The Morgan fingerprint density at radius 3 is 2.42 bits per heavy atom. The van der Waals surface area contributed by atoms with Crippen LogP contribution in [0.4, 0.5) is 5.69 Å². The molecule has 0 amide bonds. The zero-order chi connectivity index (χ0) is 26.8. The van der Waals surface area contributed by atoms with E-state index in [0.717, 1.165) is 24.8 Å². The van der Waals surface area contributed by atoms with Crippen LogP contribution in [0.2, 0.25) is 0 Å². The average molecular weight is 499 g/mol. The van der Waals surface area contributed by atoms with Crippen molar-refractivity contribution in [2.45, 2.75) is 53.9 Å². The molecule has 192 valence electrons. The van der Waals surface area contributed by atoms with Crippen LogP contribution in [-0.4, -0.2) is 4.98 Å². The van der Waals surface area contributed by atoms with Crippen molar-refractivity contribution in [3.8, 4) is 11.3 Å². The van der Waals surface area contributed by atoms with Gasteiger partial charge in [-0.2, -0.15) is 0 Å². The number of allylic oxidation sites excluding steroid dienone is 10. The first kappa shape index (κ1) is 25.6. The van der Waals surface area contributed by atoms with Gasteiger partial charge in [0.1, 0.15) is 0 Å². The second-order valence-corrected chi connectivity index (χ2v) is 10.1. The predicted molar refractivity (Wildman–Crippen MR) is 165 cm³/mol. The summed E-state index contributed by atoms with van der Waals surface area (Å²) in [6.45, 7) is 15.5. The number of nitrogens with zero attached hydrogens (tertiary/aromatic N) is 1. The van der Waals surface area contributed by atoms with Gasteiger partial charge in [-0.15, -0.1) is 0 Å². The minimum absolute atomic E-state index is 0.889. The number of anilines is 1. The Bertz CT molecular complexity index is 1530. The molecule has 2 heterocycles. The maximum Gasteiger partial charge on any atom is 0.0623 e. The molecule has 1 aromatic heterocycles. The molecule has 2 nitrogen and oxygen atoms in total. The number of aryl methyl sites for hydroxylation is 1. The molecule has 3 aromatic rings. The molecule has 38 heavy (non-hydrogen) atoms. The molecule has 2 heteroatoms. The van der Waals surface area contributed by atoms with Gasteiger partial charge in [0.25, 0.3) is 0 Å². The quantitative estimate of drug-likeness (QED) is 0.371. The van der Waals surface area contributed by atoms with E-state index in [9.17, 15) is 0 Å². The van der Waals surface area contributed by atoms with Crippen molar-refractivity contribution in [1.82, 2.24) is 4.98 Å². The number of fused-ring (bicyclic) bond motifs is 2. The number of H-pyrrole nitrogens is 1. The Morgan fingerprint density at radius 1 is 1.00 bits per heavy atom. The number of hydrogen-bond acceptors (Lipinski definition) is 1. The fourth-order valence-electron chi connectivity index (χ4n) is 5.87. The van der Waals surface area contributed by atoms with E-state index >= 15 is 0 Å². The van der Waals surface area contributed by atoms with Crippen molar-refractivity contribution in [1.29, 1.82) is 0 Å². The molecule has 0 atom stereocenters. The fourth-order valence-corrected chi connectivity index (χ4v) is 5.87. The molecule has 0 fully saturated rings. The fraction of sp³-hybridized carbons (Fsp3) is 0.222. The third-order valence-corrected chi connectivity index (χ3v) is 7.79. The average Bonchev–Trinajstić information content (AvgIpc) is 3.22. The number of nitrogens with one attached hydrogen (secondary N) is 1. The monoisotopic (exact) mass is 498 g/mol. The highest BCUT2D eigenvalue weighted by Crippen LogP contribution is 2.49. The summed E-state index contributed by atoms with van der Waals surface area (Å²) in [5, 5.41) is 0. The summed E-state index contributed by atoms with van der Waals surface area (Å²) >= 11 is 0. The van der Waals surface area contributed by atoms with Gasteiger partial charge in [-0.05, 0) is 75.8 Å². The highest BCUT2D eigenvalue weighted by molar-refractivity contribution is 6.00. The lowest BCUT2D eigenvalue weighted by molar-refractivity contribution is 0.907. The summed E-state index contributed by atoms with van der Waals surface area (Å²) in [6.07, 6.45) is 14.2. The number of aromatic amines is 1. The number of para-hydroxylation sites is 1. The summed E-state index contributed by atoms with van der Waals surface area (Å²) in [4.78, 5) is 6.44. The van der Waals surface area contributed by atoms with Gasteiger partial charge in [-0.25, -0.2) is 0 Å².